The van der Waals surface area contributed by atoms with E-state index in [-0.39, 0.29) is 5.54 Å². The van der Waals surface area contributed by atoms with Gasteiger partial charge in [0.2, 0.25) is 0 Å². The number of ether oxygens (including phenoxy) is 1. The number of likely N-dealkylation sites (tertiary alicyclic amines) is 1. The predicted molar refractivity (Wildman–Crippen MR) is 64.2 cm³/mol. The third-order valence-corrected chi connectivity index (χ3v) is 3.71. The van der Waals surface area contributed by atoms with E-state index < -0.39 is 0 Å². The molecule has 0 radical (unpaired) electrons. The van der Waals surface area contributed by atoms with Crippen molar-refractivity contribution in [3.05, 3.63) is 0 Å². The Labute approximate surface area is 94.2 Å². The lowest BCUT2D eigenvalue weighted by Crippen LogP contribution is -2.59. The van der Waals surface area contributed by atoms with Crippen molar-refractivity contribution >= 4 is 0 Å². The van der Waals surface area contributed by atoms with Crippen LogP contribution in [0.2, 0.25) is 0 Å². The maximum atomic E-state index is 5.28. The number of rotatable bonds is 5. The molecule has 0 aliphatic carbocycles. The van der Waals surface area contributed by atoms with Crippen molar-refractivity contribution < 1.29 is 4.74 Å². The molecule has 1 atom stereocenters. The zero-order valence-electron chi connectivity index (χ0n) is 10.7. The molecule has 0 spiro atoms. The highest BCUT2D eigenvalue weighted by Crippen LogP contribution is 2.23. The molecule has 1 saturated heterocycles. The second kappa shape index (κ2) is 5.83. The fourth-order valence-electron chi connectivity index (χ4n) is 2.50. The van der Waals surface area contributed by atoms with Gasteiger partial charge in [-0.3, -0.25) is 4.90 Å². The molecule has 1 unspecified atom stereocenters. The van der Waals surface area contributed by atoms with Crippen molar-refractivity contribution in [3.63, 3.8) is 0 Å². The fourth-order valence-corrected chi connectivity index (χ4v) is 2.50. The standard InChI is InChI=1S/C12H26N2O/c1-12(2,11(13-3)10-15-4)14-8-6-5-7-9-14/h11,13H,5-10H2,1-4H3. The van der Waals surface area contributed by atoms with Gasteiger partial charge in [-0.1, -0.05) is 6.42 Å². The summed E-state index contributed by atoms with van der Waals surface area (Å²) >= 11 is 0. The molecule has 0 bridgehead atoms. The molecule has 1 aliphatic rings. The summed E-state index contributed by atoms with van der Waals surface area (Å²) in [5.74, 6) is 0. The van der Waals surface area contributed by atoms with Crippen molar-refractivity contribution in [2.24, 2.45) is 0 Å². The van der Waals surface area contributed by atoms with E-state index in [1.165, 1.54) is 32.4 Å². The molecule has 90 valence electrons. The van der Waals surface area contributed by atoms with Crippen LogP contribution in [0, 0.1) is 0 Å². The van der Waals surface area contributed by atoms with E-state index in [1.54, 1.807) is 7.11 Å². The molecule has 0 aromatic rings. The van der Waals surface area contributed by atoms with Gasteiger partial charge in [0, 0.05) is 18.7 Å². The van der Waals surface area contributed by atoms with E-state index in [0.717, 1.165) is 6.61 Å². The zero-order valence-corrected chi connectivity index (χ0v) is 10.7. The van der Waals surface area contributed by atoms with Crippen LogP contribution in [0.1, 0.15) is 33.1 Å². The Morgan fingerprint density at radius 3 is 2.33 bits per heavy atom. The number of methoxy groups -OCH3 is 1. The van der Waals surface area contributed by atoms with Gasteiger partial charge in [0.1, 0.15) is 0 Å². The average molecular weight is 214 g/mol. The van der Waals surface area contributed by atoms with Gasteiger partial charge < -0.3 is 10.1 Å². The third-order valence-electron chi connectivity index (χ3n) is 3.71. The molecule has 15 heavy (non-hydrogen) atoms. The minimum absolute atomic E-state index is 0.186. The van der Waals surface area contributed by atoms with Crippen LogP contribution < -0.4 is 5.32 Å². The Morgan fingerprint density at radius 1 is 1.27 bits per heavy atom. The maximum Gasteiger partial charge on any atom is 0.0633 e. The van der Waals surface area contributed by atoms with Crippen LogP contribution in [-0.4, -0.2) is 50.3 Å². The quantitative estimate of drug-likeness (QED) is 0.750. The molecule has 0 aromatic carbocycles. The Kier molecular flexibility index (Phi) is 5.03. The highest BCUT2D eigenvalue weighted by Gasteiger charge is 2.34. The molecular formula is C12H26N2O. The molecule has 3 heteroatoms. The molecule has 1 rings (SSSR count). The smallest absolute Gasteiger partial charge is 0.0633 e. The second-order valence-corrected chi connectivity index (χ2v) is 5.00. The van der Waals surface area contributed by atoms with Gasteiger partial charge in [0.25, 0.3) is 0 Å². The monoisotopic (exact) mass is 214 g/mol. The van der Waals surface area contributed by atoms with Crippen LogP contribution in [0.15, 0.2) is 0 Å². The first kappa shape index (κ1) is 12.9. The van der Waals surface area contributed by atoms with Gasteiger partial charge >= 0.3 is 0 Å². The van der Waals surface area contributed by atoms with Crippen molar-refractivity contribution in [1.82, 2.24) is 10.2 Å². The molecule has 1 N–H and O–H groups in total. The van der Waals surface area contributed by atoms with Gasteiger partial charge in [-0.2, -0.15) is 0 Å². The summed E-state index contributed by atoms with van der Waals surface area (Å²) in [7, 11) is 3.80. The summed E-state index contributed by atoms with van der Waals surface area (Å²) in [5.41, 5.74) is 0.186. The fraction of sp³-hybridized carbons (Fsp3) is 1.00. The summed E-state index contributed by atoms with van der Waals surface area (Å²) in [6, 6.07) is 0.403. The first-order valence-corrected chi connectivity index (χ1v) is 6.04. The van der Waals surface area contributed by atoms with Crippen LogP contribution in [-0.2, 0) is 4.74 Å². The number of nitrogens with zero attached hydrogens (tertiary/aromatic N) is 1. The lowest BCUT2D eigenvalue weighted by Gasteiger charge is -2.45. The molecule has 3 nitrogen and oxygen atoms in total. The van der Waals surface area contributed by atoms with E-state index in [0.29, 0.717) is 6.04 Å². The zero-order chi connectivity index (χ0) is 11.3. The van der Waals surface area contributed by atoms with Crippen molar-refractivity contribution in [1.29, 1.82) is 0 Å². The van der Waals surface area contributed by atoms with Crippen LogP contribution in [0.3, 0.4) is 0 Å². The highest BCUT2D eigenvalue weighted by molar-refractivity contribution is 4.93. The molecule has 1 aliphatic heterocycles. The number of nitrogens with one attached hydrogen (secondary N) is 1. The SMILES string of the molecule is CNC(COC)C(C)(C)N1CCCCC1. The molecule has 0 aromatic heterocycles. The summed E-state index contributed by atoms with van der Waals surface area (Å²) < 4.78 is 5.28. The van der Waals surface area contributed by atoms with Crippen LogP contribution in [0.4, 0.5) is 0 Å². The van der Waals surface area contributed by atoms with Crippen LogP contribution in [0.25, 0.3) is 0 Å². The summed E-state index contributed by atoms with van der Waals surface area (Å²) in [6.45, 7) is 7.88. The number of hydrogen-bond acceptors (Lipinski definition) is 3. The minimum atomic E-state index is 0.186. The number of piperidine rings is 1. The van der Waals surface area contributed by atoms with E-state index >= 15 is 0 Å². The first-order valence-electron chi connectivity index (χ1n) is 6.04. The molecule has 1 heterocycles. The van der Waals surface area contributed by atoms with E-state index in [2.05, 4.69) is 24.1 Å². The molecule has 1 fully saturated rings. The van der Waals surface area contributed by atoms with Crippen molar-refractivity contribution in [2.45, 2.75) is 44.7 Å². The Morgan fingerprint density at radius 2 is 1.87 bits per heavy atom. The summed E-state index contributed by atoms with van der Waals surface area (Å²) in [5, 5.41) is 3.37. The molecule has 0 saturated carbocycles. The third kappa shape index (κ3) is 3.16. The van der Waals surface area contributed by atoms with Crippen LogP contribution in [0.5, 0.6) is 0 Å². The first-order chi connectivity index (χ1) is 7.12. The molecular weight excluding hydrogens is 188 g/mol. The van der Waals surface area contributed by atoms with Crippen molar-refractivity contribution in [2.75, 3.05) is 33.9 Å². The second-order valence-electron chi connectivity index (χ2n) is 5.00. The highest BCUT2D eigenvalue weighted by atomic mass is 16.5. The average Bonchev–Trinajstić information content (AvgIpc) is 2.27. The van der Waals surface area contributed by atoms with Crippen molar-refractivity contribution in [3.8, 4) is 0 Å². The topological polar surface area (TPSA) is 24.5 Å². The van der Waals surface area contributed by atoms with Gasteiger partial charge in [-0.25, -0.2) is 0 Å². The minimum Gasteiger partial charge on any atom is -0.383 e. The number of hydrogen-bond donors (Lipinski definition) is 1. The normalized spacial score (nSPS) is 21.6. The Bertz CT molecular complexity index is 170. The predicted octanol–water partition coefficient (Wildman–Crippen LogP) is 1.49. The summed E-state index contributed by atoms with van der Waals surface area (Å²) in [6.07, 6.45) is 4.07. The Hall–Kier alpha value is -0.120. The summed E-state index contributed by atoms with van der Waals surface area (Å²) in [4.78, 5) is 2.59. The Balaban J connectivity index is 2.60. The lowest BCUT2D eigenvalue weighted by atomic mass is 9.90. The van der Waals surface area contributed by atoms with Gasteiger partial charge in [0.05, 0.1) is 6.61 Å². The van der Waals surface area contributed by atoms with Gasteiger partial charge in [-0.05, 0) is 46.8 Å². The van der Waals surface area contributed by atoms with E-state index in [9.17, 15) is 0 Å². The largest absolute Gasteiger partial charge is 0.383 e. The van der Waals surface area contributed by atoms with Gasteiger partial charge in [0.15, 0.2) is 0 Å². The van der Waals surface area contributed by atoms with Crippen LogP contribution >= 0.6 is 0 Å². The van der Waals surface area contributed by atoms with Gasteiger partial charge in [-0.15, -0.1) is 0 Å². The van der Waals surface area contributed by atoms with E-state index in [1.807, 2.05) is 7.05 Å². The van der Waals surface area contributed by atoms with E-state index in [4.69, 9.17) is 4.74 Å². The molecule has 0 amide bonds. The lowest BCUT2D eigenvalue weighted by molar-refractivity contribution is 0.0308. The number of likely N-dealkylation sites (N-methyl/N-ethyl adjacent to an activating group) is 1. The maximum absolute atomic E-state index is 5.28.